The van der Waals surface area contributed by atoms with Crippen molar-refractivity contribution in [3.8, 4) is 0 Å². The molecule has 0 saturated heterocycles. The fraction of sp³-hybridized carbons (Fsp3) is 0.238. The van der Waals surface area contributed by atoms with Crippen LogP contribution in [0, 0.1) is 6.92 Å². The molecule has 4 aromatic rings. The van der Waals surface area contributed by atoms with Gasteiger partial charge in [0.1, 0.15) is 18.0 Å². The Balaban J connectivity index is 1.46. The fourth-order valence-corrected chi connectivity index (χ4v) is 3.17. The summed E-state index contributed by atoms with van der Waals surface area (Å²) in [5.41, 5.74) is 4.65. The van der Waals surface area contributed by atoms with Crippen LogP contribution in [0.25, 0.3) is 11.2 Å². The number of hydrogen-bond donors (Lipinski definition) is 3. The first-order valence-corrected chi connectivity index (χ1v) is 9.60. The molecule has 0 unspecified atom stereocenters. The number of nitrogens with zero attached hydrogens (tertiary/aromatic N) is 4. The van der Waals surface area contributed by atoms with Gasteiger partial charge in [-0.05, 0) is 37.1 Å². The van der Waals surface area contributed by atoms with Gasteiger partial charge in [0, 0.05) is 18.1 Å². The van der Waals surface area contributed by atoms with Crippen LogP contribution >= 0.6 is 0 Å². The summed E-state index contributed by atoms with van der Waals surface area (Å²) < 4.78 is 13.8. The Labute approximate surface area is 172 Å². The number of benzene rings is 1. The number of fused-ring (bicyclic) bond motifs is 1. The highest BCUT2D eigenvalue weighted by molar-refractivity contribution is 6.03. The number of aryl methyl sites for hydroxylation is 2. The highest BCUT2D eigenvalue weighted by Crippen LogP contribution is 2.22. The first kappa shape index (κ1) is 19.6. The number of H-pyrrole nitrogens is 1. The molecular formula is C21H22FN7O. The summed E-state index contributed by atoms with van der Waals surface area (Å²) in [4.78, 5) is 24.5. The summed E-state index contributed by atoms with van der Waals surface area (Å²) in [5, 5.41) is 10.2. The molecule has 1 atom stereocenters. The van der Waals surface area contributed by atoms with Crippen LogP contribution in [-0.4, -0.2) is 37.3 Å². The molecule has 0 aliphatic rings. The standard InChI is InChI=1S/C21H22FN7O/c1-13-9-23-20-19(13)28-18(11-24-20)26-14(2)15-4-3-5-17(8-15)27-21(30)16-10-25-29(12-16)7-6-22/h3-5,8-12,14H,6-7H2,1-2H3,(H,23,24)(H,26,28)(H,27,30)/t14-/m0/s1. The zero-order valence-electron chi connectivity index (χ0n) is 16.7. The first-order valence-electron chi connectivity index (χ1n) is 9.60. The van der Waals surface area contributed by atoms with Crippen LogP contribution in [0.15, 0.2) is 49.1 Å². The van der Waals surface area contributed by atoms with Gasteiger partial charge in [-0.2, -0.15) is 5.10 Å². The molecule has 4 rings (SSSR count). The van der Waals surface area contributed by atoms with Crippen LogP contribution in [0.3, 0.4) is 0 Å². The average molecular weight is 407 g/mol. The molecule has 3 heterocycles. The van der Waals surface area contributed by atoms with E-state index in [2.05, 4.69) is 30.7 Å². The number of rotatable bonds is 7. The Morgan fingerprint density at radius 1 is 1.33 bits per heavy atom. The molecule has 0 fully saturated rings. The molecule has 0 aliphatic heterocycles. The van der Waals surface area contributed by atoms with Crippen molar-refractivity contribution in [3.05, 3.63) is 65.7 Å². The van der Waals surface area contributed by atoms with E-state index >= 15 is 0 Å². The van der Waals surface area contributed by atoms with E-state index in [1.807, 2.05) is 44.3 Å². The fourth-order valence-electron chi connectivity index (χ4n) is 3.17. The van der Waals surface area contributed by atoms with E-state index in [-0.39, 0.29) is 18.5 Å². The number of hydrogen-bond acceptors (Lipinski definition) is 5. The lowest BCUT2D eigenvalue weighted by molar-refractivity contribution is 0.102. The molecule has 0 radical (unpaired) electrons. The predicted octanol–water partition coefficient (Wildman–Crippen LogP) is 3.86. The number of amides is 1. The maximum absolute atomic E-state index is 12.4. The Kier molecular flexibility index (Phi) is 5.42. The molecule has 0 saturated carbocycles. The van der Waals surface area contributed by atoms with Crippen LogP contribution in [0.2, 0.25) is 0 Å². The zero-order valence-corrected chi connectivity index (χ0v) is 16.7. The second kappa shape index (κ2) is 8.32. The van der Waals surface area contributed by atoms with Gasteiger partial charge in [0.25, 0.3) is 5.91 Å². The van der Waals surface area contributed by atoms with Gasteiger partial charge in [-0.1, -0.05) is 12.1 Å². The van der Waals surface area contributed by atoms with E-state index in [0.29, 0.717) is 17.1 Å². The number of carbonyl (C=O) groups is 1. The Morgan fingerprint density at radius 3 is 3.03 bits per heavy atom. The molecule has 154 valence electrons. The maximum Gasteiger partial charge on any atom is 0.258 e. The van der Waals surface area contributed by atoms with Crippen molar-refractivity contribution >= 4 is 28.6 Å². The molecule has 0 spiro atoms. The SMILES string of the molecule is Cc1c[nH]c2ncc(N[C@@H](C)c3cccc(NC(=O)c4cnn(CCF)c4)c3)nc12. The number of aromatic amines is 1. The van der Waals surface area contributed by atoms with Gasteiger partial charge in [-0.25, -0.2) is 14.4 Å². The van der Waals surface area contributed by atoms with Gasteiger partial charge in [0.2, 0.25) is 0 Å². The van der Waals surface area contributed by atoms with Crippen molar-refractivity contribution in [3.63, 3.8) is 0 Å². The summed E-state index contributed by atoms with van der Waals surface area (Å²) >= 11 is 0. The summed E-state index contributed by atoms with van der Waals surface area (Å²) in [6.07, 6.45) is 6.53. The summed E-state index contributed by atoms with van der Waals surface area (Å²) in [5.74, 6) is 0.379. The Morgan fingerprint density at radius 2 is 2.20 bits per heavy atom. The van der Waals surface area contributed by atoms with Crippen LogP contribution in [-0.2, 0) is 6.54 Å². The average Bonchev–Trinajstić information content (AvgIpc) is 3.36. The minimum absolute atomic E-state index is 0.0554. The molecule has 3 N–H and O–H groups in total. The number of aromatic nitrogens is 5. The molecular weight excluding hydrogens is 385 g/mol. The van der Waals surface area contributed by atoms with Gasteiger partial charge in [0.05, 0.1) is 30.5 Å². The number of nitrogens with one attached hydrogen (secondary N) is 3. The smallest absolute Gasteiger partial charge is 0.258 e. The molecule has 30 heavy (non-hydrogen) atoms. The first-order chi connectivity index (χ1) is 14.5. The van der Waals surface area contributed by atoms with Crippen LogP contribution in [0.5, 0.6) is 0 Å². The van der Waals surface area contributed by atoms with Gasteiger partial charge in [-0.15, -0.1) is 0 Å². The van der Waals surface area contributed by atoms with Crippen molar-refractivity contribution in [2.75, 3.05) is 17.3 Å². The number of carbonyl (C=O) groups excluding carboxylic acids is 1. The van der Waals surface area contributed by atoms with Crippen LogP contribution < -0.4 is 10.6 Å². The Hall–Kier alpha value is -3.75. The van der Waals surface area contributed by atoms with Crippen molar-refractivity contribution < 1.29 is 9.18 Å². The molecule has 1 amide bonds. The summed E-state index contributed by atoms with van der Waals surface area (Å²) in [7, 11) is 0. The third-order valence-corrected chi connectivity index (χ3v) is 4.79. The third kappa shape index (κ3) is 4.14. The maximum atomic E-state index is 12.4. The predicted molar refractivity (Wildman–Crippen MR) is 113 cm³/mol. The third-order valence-electron chi connectivity index (χ3n) is 4.79. The highest BCUT2D eigenvalue weighted by Gasteiger charge is 2.12. The van der Waals surface area contributed by atoms with Crippen molar-refractivity contribution in [2.45, 2.75) is 26.4 Å². The van der Waals surface area contributed by atoms with Crippen molar-refractivity contribution in [2.24, 2.45) is 0 Å². The molecule has 0 bridgehead atoms. The highest BCUT2D eigenvalue weighted by atomic mass is 19.1. The van der Waals surface area contributed by atoms with Gasteiger partial charge < -0.3 is 15.6 Å². The summed E-state index contributed by atoms with van der Waals surface area (Å²) in [6.45, 7) is 3.59. The monoisotopic (exact) mass is 407 g/mol. The van der Waals surface area contributed by atoms with Crippen molar-refractivity contribution in [1.29, 1.82) is 0 Å². The van der Waals surface area contributed by atoms with Gasteiger partial charge in [0.15, 0.2) is 5.65 Å². The lowest BCUT2D eigenvalue weighted by Crippen LogP contribution is -2.13. The molecule has 8 nitrogen and oxygen atoms in total. The molecule has 3 aromatic heterocycles. The minimum atomic E-state index is -0.531. The largest absolute Gasteiger partial charge is 0.362 e. The topological polar surface area (TPSA) is 101 Å². The number of anilines is 2. The lowest BCUT2D eigenvalue weighted by atomic mass is 10.1. The van der Waals surface area contributed by atoms with E-state index in [1.54, 1.807) is 6.20 Å². The van der Waals surface area contributed by atoms with Gasteiger partial charge in [-0.3, -0.25) is 9.48 Å². The van der Waals surface area contributed by atoms with Crippen LogP contribution in [0.1, 0.15) is 34.5 Å². The Bertz CT molecular complexity index is 1180. The van der Waals surface area contributed by atoms with Crippen molar-refractivity contribution in [1.82, 2.24) is 24.7 Å². The summed E-state index contributed by atoms with van der Waals surface area (Å²) in [6, 6.07) is 7.51. The number of halogens is 1. The second-order valence-corrected chi connectivity index (χ2v) is 7.05. The van der Waals surface area contributed by atoms with E-state index in [9.17, 15) is 9.18 Å². The molecule has 9 heteroatoms. The molecule has 1 aromatic carbocycles. The quantitative estimate of drug-likeness (QED) is 0.432. The number of alkyl halides is 1. The zero-order chi connectivity index (χ0) is 21.1. The second-order valence-electron chi connectivity index (χ2n) is 7.05. The van der Waals surface area contributed by atoms with E-state index in [4.69, 9.17) is 0 Å². The molecule has 0 aliphatic carbocycles. The lowest BCUT2D eigenvalue weighted by Gasteiger charge is -2.16. The van der Waals surface area contributed by atoms with Crippen LogP contribution in [0.4, 0.5) is 15.9 Å². The normalized spacial score (nSPS) is 12.1. The minimum Gasteiger partial charge on any atom is -0.362 e. The van der Waals surface area contributed by atoms with E-state index in [0.717, 1.165) is 22.3 Å². The van der Waals surface area contributed by atoms with E-state index < -0.39 is 6.67 Å². The van der Waals surface area contributed by atoms with Gasteiger partial charge >= 0.3 is 0 Å². The van der Waals surface area contributed by atoms with E-state index in [1.165, 1.54) is 17.1 Å².